The van der Waals surface area contributed by atoms with E-state index in [-0.39, 0.29) is 36.9 Å². The number of carbonyl (C=O) groups excluding carboxylic acids is 2. The molecule has 0 saturated heterocycles. The second-order valence-corrected chi connectivity index (χ2v) is 11.9. The van der Waals surface area contributed by atoms with E-state index in [1.165, 1.54) is 22.3 Å². The SMILES string of the molecule is C=CC(=O)OCC(S)COc1ccc(C2(c3ccc(OCC(S)COC(=O)C=C)cc3)c3ccccc3-c3ccccc32)cc1. The Hall–Kier alpha value is -4.40. The summed E-state index contributed by atoms with van der Waals surface area (Å²) in [4.78, 5) is 22.7. The predicted octanol–water partition coefficient (Wildman–Crippen LogP) is 6.86. The number of ether oxygens (including phenoxy) is 4. The van der Waals surface area contributed by atoms with Gasteiger partial charge in [0.05, 0.1) is 15.9 Å². The van der Waals surface area contributed by atoms with Crippen LogP contribution >= 0.6 is 25.3 Å². The standard InChI is InChI=1S/C37H34O6S2/c1-3-35(38)42-23-29(44)21-40-27-17-13-25(14-18-27)37(33-11-7-5-9-31(33)32-10-6-8-12-34(32)37)26-15-19-28(20-16-26)41-22-30(45)24-43-36(39)4-2/h3-20,29-30,44-45H,1-2,21-24H2. The Bertz CT molecular complexity index is 1540. The van der Waals surface area contributed by atoms with Gasteiger partial charge in [0.15, 0.2) is 0 Å². The van der Waals surface area contributed by atoms with E-state index in [4.69, 9.17) is 18.9 Å². The predicted molar refractivity (Wildman–Crippen MR) is 183 cm³/mol. The third kappa shape index (κ3) is 6.97. The van der Waals surface area contributed by atoms with Crippen molar-refractivity contribution >= 4 is 37.2 Å². The van der Waals surface area contributed by atoms with Gasteiger partial charge in [0, 0.05) is 12.2 Å². The second kappa shape index (κ2) is 14.6. The number of benzene rings is 4. The summed E-state index contributed by atoms with van der Waals surface area (Å²) in [6.07, 6.45) is 2.25. The Balaban J connectivity index is 1.43. The van der Waals surface area contributed by atoms with Gasteiger partial charge in [-0.15, -0.1) is 0 Å². The molecule has 0 radical (unpaired) electrons. The molecule has 0 aromatic heterocycles. The van der Waals surface area contributed by atoms with Crippen molar-refractivity contribution in [1.29, 1.82) is 0 Å². The molecule has 2 unspecified atom stereocenters. The van der Waals surface area contributed by atoms with Gasteiger partial charge in [0.25, 0.3) is 0 Å². The van der Waals surface area contributed by atoms with Crippen molar-refractivity contribution in [2.75, 3.05) is 26.4 Å². The zero-order valence-corrected chi connectivity index (χ0v) is 26.4. The molecule has 6 nitrogen and oxygen atoms in total. The van der Waals surface area contributed by atoms with Crippen molar-refractivity contribution in [3.8, 4) is 22.6 Å². The molecule has 0 heterocycles. The van der Waals surface area contributed by atoms with Gasteiger partial charge >= 0.3 is 11.9 Å². The van der Waals surface area contributed by atoms with E-state index in [9.17, 15) is 9.59 Å². The number of fused-ring (bicyclic) bond motifs is 3. The van der Waals surface area contributed by atoms with Gasteiger partial charge in [0.1, 0.15) is 37.9 Å². The highest BCUT2D eigenvalue weighted by atomic mass is 32.1. The fourth-order valence-electron chi connectivity index (χ4n) is 5.58. The van der Waals surface area contributed by atoms with Crippen LogP contribution in [0.5, 0.6) is 11.5 Å². The molecule has 0 bridgehead atoms. The maximum Gasteiger partial charge on any atom is 0.330 e. The zero-order chi connectivity index (χ0) is 31.8. The molecule has 4 aromatic carbocycles. The first-order chi connectivity index (χ1) is 21.9. The molecule has 0 spiro atoms. The van der Waals surface area contributed by atoms with Crippen molar-refractivity contribution in [2.45, 2.75) is 15.9 Å². The van der Waals surface area contributed by atoms with Gasteiger partial charge in [0.2, 0.25) is 0 Å². The summed E-state index contributed by atoms with van der Waals surface area (Å²) in [6.45, 7) is 7.61. The van der Waals surface area contributed by atoms with Crippen molar-refractivity contribution in [1.82, 2.24) is 0 Å². The van der Waals surface area contributed by atoms with Crippen LogP contribution in [0.1, 0.15) is 22.3 Å². The molecule has 230 valence electrons. The Morgan fingerprint density at radius 3 is 1.36 bits per heavy atom. The molecule has 1 aliphatic rings. The lowest BCUT2D eigenvalue weighted by atomic mass is 9.68. The summed E-state index contributed by atoms with van der Waals surface area (Å²) in [7, 11) is 0. The normalized spacial score (nSPS) is 13.8. The minimum Gasteiger partial charge on any atom is -0.492 e. The molecule has 45 heavy (non-hydrogen) atoms. The van der Waals surface area contributed by atoms with Gasteiger partial charge in [-0.25, -0.2) is 9.59 Å². The monoisotopic (exact) mass is 638 g/mol. The number of esters is 2. The van der Waals surface area contributed by atoms with Crippen LogP contribution in [0.4, 0.5) is 0 Å². The Labute approximate surface area is 274 Å². The van der Waals surface area contributed by atoms with Crippen LogP contribution in [0, 0.1) is 0 Å². The van der Waals surface area contributed by atoms with Crippen LogP contribution < -0.4 is 9.47 Å². The summed E-state index contributed by atoms with van der Waals surface area (Å²) >= 11 is 8.94. The highest BCUT2D eigenvalue weighted by Gasteiger charge is 2.45. The fraction of sp³-hybridized carbons (Fsp3) is 0.189. The molecule has 0 N–H and O–H groups in total. The Kier molecular flexibility index (Phi) is 10.4. The molecule has 0 fully saturated rings. The van der Waals surface area contributed by atoms with Crippen LogP contribution in [0.15, 0.2) is 122 Å². The fourth-order valence-corrected chi connectivity index (χ4v) is 5.88. The first-order valence-electron chi connectivity index (χ1n) is 14.5. The van der Waals surface area contributed by atoms with Gasteiger partial charge in [-0.1, -0.05) is 86.0 Å². The number of carbonyl (C=O) groups is 2. The summed E-state index contributed by atoms with van der Waals surface area (Å²) < 4.78 is 22.1. The van der Waals surface area contributed by atoms with E-state index in [0.717, 1.165) is 23.3 Å². The van der Waals surface area contributed by atoms with Crippen LogP contribution in [-0.4, -0.2) is 48.9 Å². The van der Waals surface area contributed by atoms with E-state index in [0.29, 0.717) is 11.5 Å². The summed E-state index contributed by atoms with van der Waals surface area (Å²) in [5, 5.41) is -0.566. The van der Waals surface area contributed by atoms with Crippen LogP contribution in [-0.2, 0) is 24.5 Å². The maximum absolute atomic E-state index is 11.4. The van der Waals surface area contributed by atoms with Crippen molar-refractivity contribution in [2.24, 2.45) is 0 Å². The highest BCUT2D eigenvalue weighted by molar-refractivity contribution is 7.81. The minimum absolute atomic E-state index is 0.125. The van der Waals surface area contributed by atoms with Gasteiger partial charge in [-0.2, -0.15) is 25.3 Å². The van der Waals surface area contributed by atoms with E-state index < -0.39 is 17.4 Å². The average Bonchev–Trinajstić information content (AvgIpc) is 3.39. The largest absolute Gasteiger partial charge is 0.492 e. The number of thiol groups is 2. The maximum atomic E-state index is 11.4. The molecular weight excluding hydrogens is 605 g/mol. The molecule has 0 saturated carbocycles. The lowest BCUT2D eigenvalue weighted by molar-refractivity contribution is -0.138. The quantitative estimate of drug-likeness (QED) is 0.0787. The van der Waals surface area contributed by atoms with E-state index in [1.807, 2.05) is 24.3 Å². The third-order valence-electron chi connectivity index (χ3n) is 7.58. The lowest BCUT2D eigenvalue weighted by Crippen LogP contribution is -2.28. The van der Waals surface area contributed by atoms with Crippen molar-refractivity contribution in [3.63, 3.8) is 0 Å². The summed E-state index contributed by atoms with van der Waals surface area (Å²) in [5.74, 6) is 0.397. The average molecular weight is 639 g/mol. The van der Waals surface area contributed by atoms with Gasteiger partial charge < -0.3 is 18.9 Å². The molecular formula is C37H34O6S2. The molecule has 0 aliphatic heterocycles. The Morgan fingerprint density at radius 1 is 0.600 bits per heavy atom. The topological polar surface area (TPSA) is 71.1 Å². The van der Waals surface area contributed by atoms with Crippen molar-refractivity contribution < 1.29 is 28.5 Å². The van der Waals surface area contributed by atoms with E-state index >= 15 is 0 Å². The van der Waals surface area contributed by atoms with E-state index in [2.05, 4.69) is 111 Å². The van der Waals surface area contributed by atoms with Crippen LogP contribution in [0.2, 0.25) is 0 Å². The lowest BCUT2D eigenvalue weighted by Gasteiger charge is -2.34. The number of rotatable bonds is 14. The van der Waals surface area contributed by atoms with E-state index in [1.54, 1.807) is 0 Å². The Morgan fingerprint density at radius 2 is 0.978 bits per heavy atom. The van der Waals surface area contributed by atoms with Gasteiger partial charge in [-0.05, 0) is 57.6 Å². The first kappa shape index (κ1) is 32.0. The minimum atomic E-state index is -0.583. The summed E-state index contributed by atoms with van der Waals surface area (Å²) in [5.41, 5.74) is 6.34. The van der Waals surface area contributed by atoms with Gasteiger partial charge in [-0.3, -0.25) is 0 Å². The zero-order valence-electron chi connectivity index (χ0n) is 24.6. The number of hydrogen-bond donors (Lipinski definition) is 2. The molecule has 8 heteroatoms. The molecule has 2 atom stereocenters. The first-order valence-corrected chi connectivity index (χ1v) is 15.5. The summed E-state index contributed by atoms with van der Waals surface area (Å²) in [6, 6.07) is 33.2. The molecule has 0 amide bonds. The third-order valence-corrected chi connectivity index (χ3v) is 8.18. The van der Waals surface area contributed by atoms with Crippen molar-refractivity contribution in [3.05, 3.63) is 145 Å². The molecule has 5 rings (SSSR count). The molecule has 1 aliphatic carbocycles. The molecule has 4 aromatic rings. The highest BCUT2D eigenvalue weighted by Crippen LogP contribution is 2.56. The van der Waals surface area contributed by atoms with Crippen LogP contribution in [0.25, 0.3) is 11.1 Å². The second-order valence-electron chi connectivity index (χ2n) is 10.5. The van der Waals surface area contributed by atoms with Crippen LogP contribution in [0.3, 0.4) is 0 Å². The smallest absolute Gasteiger partial charge is 0.330 e. The number of hydrogen-bond acceptors (Lipinski definition) is 8.